The number of carbonyl (C=O) groups is 2. The van der Waals surface area contributed by atoms with Crippen LogP contribution in [0.4, 0.5) is 5.69 Å². The average molecular weight is 300 g/mol. The summed E-state index contributed by atoms with van der Waals surface area (Å²) in [7, 11) is 1.84. The second-order valence-corrected chi connectivity index (χ2v) is 6.56. The zero-order valence-corrected chi connectivity index (χ0v) is 13.1. The Bertz CT molecular complexity index is 531. The molecule has 4 heteroatoms. The maximum Gasteiger partial charge on any atom is 0.229 e. The number of rotatable bonds is 4. The van der Waals surface area contributed by atoms with Crippen molar-refractivity contribution < 1.29 is 9.59 Å². The summed E-state index contributed by atoms with van der Waals surface area (Å²) in [5, 5.41) is 3.08. The van der Waals surface area contributed by atoms with E-state index < -0.39 is 0 Å². The predicted octanol–water partition coefficient (Wildman–Crippen LogP) is 2.73. The zero-order valence-electron chi connectivity index (χ0n) is 13.1. The molecule has 0 unspecified atom stereocenters. The molecule has 0 saturated heterocycles. The molecule has 2 aliphatic carbocycles. The van der Waals surface area contributed by atoms with Crippen molar-refractivity contribution in [3.63, 3.8) is 0 Å². The van der Waals surface area contributed by atoms with Crippen LogP contribution < -0.4 is 10.2 Å². The minimum Gasteiger partial charge on any atom is -0.353 e. The maximum absolute atomic E-state index is 12.6. The zero-order chi connectivity index (χ0) is 15.5. The quantitative estimate of drug-likeness (QED) is 0.929. The van der Waals surface area contributed by atoms with Gasteiger partial charge in [0, 0.05) is 30.6 Å². The van der Waals surface area contributed by atoms with E-state index in [1.807, 2.05) is 37.4 Å². The van der Waals surface area contributed by atoms with Crippen LogP contribution in [0.2, 0.25) is 0 Å². The summed E-state index contributed by atoms with van der Waals surface area (Å²) < 4.78 is 0. The summed E-state index contributed by atoms with van der Waals surface area (Å²) in [6, 6.07) is 10.2. The van der Waals surface area contributed by atoms with E-state index in [1.165, 1.54) is 0 Å². The Kier molecular flexibility index (Phi) is 4.46. The number of carbonyl (C=O) groups excluding carboxylic acids is 2. The smallest absolute Gasteiger partial charge is 0.229 e. The maximum atomic E-state index is 12.6. The minimum absolute atomic E-state index is 0.0511. The fraction of sp³-hybridized carbons (Fsp3) is 0.556. The van der Waals surface area contributed by atoms with Gasteiger partial charge < -0.3 is 10.2 Å². The van der Waals surface area contributed by atoms with Gasteiger partial charge in [0.2, 0.25) is 11.8 Å². The standard InChI is InChI=1S/C18H24N2O2/c1-20(16-5-3-2-4-6-16)18(22)14-9-7-13(8-10-14)17(21)19-15-11-12-15/h2-6,13-15H,7-12H2,1H3,(H,19,21). The van der Waals surface area contributed by atoms with Crippen LogP contribution in [0.15, 0.2) is 30.3 Å². The van der Waals surface area contributed by atoms with Gasteiger partial charge in [-0.05, 0) is 50.7 Å². The van der Waals surface area contributed by atoms with Crippen molar-refractivity contribution in [2.75, 3.05) is 11.9 Å². The third-order valence-electron chi connectivity index (χ3n) is 4.85. The monoisotopic (exact) mass is 300 g/mol. The molecule has 0 atom stereocenters. The molecule has 2 fully saturated rings. The molecule has 0 heterocycles. The van der Waals surface area contributed by atoms with Crippen LogP contribution in [-0.2, 0) is 9.59 Å². The van der Waals surface area contributed by atoms with E-state index in [-0.39, 0.29) is 23.7 Å². The Morgan fingerprint density at radius 3 is 2.14 bits per heavy atom. The van der Waals surface area contributed by atoms with Gasteiger partial charge in [0.15, 0.2) is 0 Å². The van der Waals surface area contributed by atoms with Crippen LogP contribution >= 0.6 is 0 Å². The summed E-state index contributed by atoms with van der Waals surface area (Å²) >= 11 is 0. The highest BCUT2D eigenvalue weighted by molar-refractivity contribution is 5.94. The lowest BCUT2D eigenvalue weighted by molar-refractivity contribution is -0.129. The van der Waals surface area contributed by atoms with E-state index in [1.54, 1.807) is 4.90 Å². The number of hydrogen-bond donors (Lipinski definition) is 1. The van der Waals surface area contributed by atoms with Gasteiger partial charge in [-0.3, -0.25) is 9.59 Å². The molecule has 1 N–H and O–H groups in total. The molecule has 118 valence electrons. The SMILES string of the molecule is CN(C(=O)C1CCC(C(=O)NC2CC2)CC1)c1ccccc1. The average Bonchev–Trinajstić information content (AvgIpc) is 3.38. The molecule has 4 nitrogen and oxygen atoms in total. The lowest BCUT2D eigenvalue weighted by atomic mass is 9.81. The molecule has 2 saturated carbocycles. The number of benzene rings is 1. The summed E-state index contributed by atoms with van der Waals surface area (Å²) in [4.78, 5) is 26.4. The predicted molar refractivity (Wildman–Crippen MR) is 86.5 cm³/mol. The van der Waals surface area contributed by atoms with Crippen molar-refractivity contribution in [1.82, 2.24) is 5.32 Å². The largest absolute Gasteiger partial charge is 0.353 e. The van der Waals surface area contributed by atoms with E-state index in [2.05, 4.69) is 5.32 Å². The molecule has 1 aromatic carbocycles. The van der Waals surface area contributed by atoms with Gasteiger partial charge in [0.1, 0.15) is 0 Å². The van der Waals surface area contributed by atoms with Gasteiger partial charge >= 0.3 is 0 Å². The Balaban J connectivity index is 1.52. The van der Waals surface area contributed by atoms with Crippen LogP contribution in [0.3, 0.4) is 0 Å². The van der Waals surface area contributed by atoms with Crippen LogP contribution in [0, 0.1) is 11.8 Å². The molecule has 0 spiro atoms. The molecule has 2 aliphatic rings. The first-order chi connectivity index (χ1) is 10.6. The lowest BCUT2D eigenvalue weighted by Gasteiger charge is -2.30. The van der Waals surface area contributed by atoms with Crippen LogP contribution in [-0.4, -0.2) is 24.9 Å². The fourth-order valence-electron chi connectivity index (χ4n) is 3.20. The Hall–Kier alpha value is -1.84. The van der Waals surface area contributed by atoms with Crippen molar-refractivity contribution in [3.05, 3.63) is 30.3 Å². The molecule has 2 amide bonds. The number of nitrogens with one attached hydrogen (secondary N) is 1. The molecule has 0 bridgehead atoms. The molecule has 1 aromatic rings. The van der Waals surface area contributed by atoms with Crippen molar-refractivity contribution in [2.45, 2.75) is 44.6 Å². The highest BCUT2D eigenvalue weighted by Crippen LogP contribution is 2.32. The van der Waals surface area contributed by atoms with Crippen molar-refractivity contribution in [3.8, 4) is 0 Å². The van der Waals surface area contributed by atoms with E-state index in [4.69, 9.17) is 0 Å². The van der Waals surface area contributed by atoms with Crippen molar-refractivity contribution >= 4 is 17.5 Å². The molecule has 0 aromatic heterocycles. The fourth-order valence-corrected chi connectivity index (χ4v) is 3.20. The summed E-state index contributed by atoms with van der Waals surface area (Å²) in [5.74, 6) is 0.527. The number of amides is 2. The number of para-hydroxylation sites is 1. The first-order valence-corrected chi connectivity index (χ1v) is 8.28. The first kappa shape index (κ1) is 15.1. The lowest BCUT2D eigenvalue weighted by Crippen LogP contribution is -2.38. The third kappa shape index (κ3) is 3.49. The summed E-state index contributed by atoms with van der Waals surface area (Å²) in [5.41, 5.74) is 0.932. The van der Waals surface area contributed by atoms with Gasteiger partial charge in [-0.2, -0.15) is 0 Å². The molecule has 3 rings (SSSR count). The number of hydrogen-bond acceptors (Lipinski definition) is 2. The Morgan fingerprint density at radius 2 is 1.55 bits per heavy atom. The van der Waals surface area contributed by atoms with Gasteiger partial charge in [-0.1, -0.05) is 18.2 Å². The third-order valence-corrected chi connectivity index (χ3v) is 4.85. The second-order valence-electron chi connectivity index (χ2n) is 6.56. The summed E-state index contributed by atoms with van der Waals surface area (Å²) in [6.07, 6.45) is 5.55. The second kappa shape index (κ2) is 6.51. The molecule has 0 radical (unpaired) electrons. The highest BCUT2D eigenvalue weighted by atomic mass is 16.2. The van der Waals surface area contributed by atoms with Crippen LogP contribution in [0.1, 0.15) is 38.5 Å². The Morgan fingerprint density at radius 1 is 0.955 bits per heavy atom. The summed E-state index contributed by atoms with van der Waals surface area (Å²) in [6.45, 7) is 0. The van der Waals surface area contributed by atoms with Crippen LogP contribution in [0.5, 0.6) is 0 Å². The molecule has 0 aliphatic heterocycles. The van der Waals surface area contributed by atoms with E-state index in [9.17, 15) is 9.59 Å². The minimum atomic E-state index is 0.0511. The van der Waals surface area contributed by atoms with Gasteiger partial charge in [-0.15, -0.1) is 0 Å². The van der Waals surface area contributed by atoms with E-state index in [0.29, 0.717) is 6.04 Å². The highest BCUT2D eigenvalue weighted by Gasteiger charge is 2.33. The number of nitrogens with zero attached hydrogens (tertiary/aromatic N) is 1. The van der Waals surface area contributed by atoms with Crippen molar-refractivity contribution in [2.24, 2.45) is 11.8 Å². The van der Waals surface area contributed by atoms with E-state index in [0.717, 1.165) is 44.2 Å². The molecular weight excluding hydrogens is 276 g/mol. The van der Waals surface area contributed by atoms with Crippen LogP contribution in [0.25, 0.3) is 0 Å². The topological polar surface area (TPSA) is 49.4 Å². The van der Waals surface area contributed by atoms with E-state index >= 15 is 0 Å². The first-order valence-electron chi connectivity index (χ1n) is 8.28. The van der Waals surface area contributed by atoms with Gasteiger partial charge in [0.05, 0.1) is 0 Å². The van der Waals surface area contributed by atoms with Gasteiger partial charge in [0.25, 0.3) is 0 Å². The number of anilines is 1. The molecule has 22 heavy (non-hydrogen) atoms. The van der Waals surface area contributed by atoms with Gasteiger partial charge in [-0.25, -0.2) is 0 Å². The molecular formula is C18H24N2O2. The van der Waals surface area contributed by atoms with Crippen molar-refractivity contribution in [1.29, 1.82) is 0 Å². The normalized spacial score (nSPS) is 24.6. The Labute approximate surface area is 131 Å².